The van der Waals surface area contributed by atoms with Gasteiger partial charge in [-0.2, -0.15) is 5.26 Å². The standard InChI is InChI=1S/C21H19N7O/c22-10-12-2-1-6-24-20(12)27-13-3-4-14(27)9-15(8-13)28-18-16-5-7-23-19(16)25-11-17(18)26-21(28)29/h1-2,5-7,11,13-15H,3-4,8-9H2,(H,23,25)(H,26,29)/t13-,14+,15+. The van der Waals surface area contributed by atoms with Gasteiger partial charge in [0.25, 0.3) is 0 Å². The smallest absolute Gasteiger partial charge is 0.326 e. The Morgan fingerprint density at radius 3 is 2.76 bits per heavy atom. The van der Waals surface area contributed by atoms with Crippen LogP contribution in [-0.2, 0) is 0 Å². The topological polar surface area (TPSA) is 106 Å². The molecule has 6 heterocycles. The summed E-state index contributed by atoms with van der Waals surface area (Å²) in [7, 11) is 0. The van der Waals surface area contributed by atoms with Crippen molar-refractivity contribution in [2.45, 2.75) is 43.8 Å². The highest BCUT2D eigenvalue weighted by molar-refractivity contribution is 6.00. The Hall–Kier alpha value is -3.60. The van der Waals surface area contributed by atoms with E-state index in [0.717, 1.165) is 53.6 Å². The highest BCUT2D eigenvalue weighted by Crippen LogP contribution is 2.44. The first-order valence-corrected chi connectivity index (χ1v) is 9.94. The fourth-order valence-corrected chi connectivity index (χ4v) is 5.37. The van der Waals surface area contributed by atoms with E-state index in [4.69, 9.17) is 0 Å². The average Bonchev–Trinajstić information content (AvgIpc) is 3.41. The normalized spacial score (nSPS) is 23.7. The van der Waals surface area contributed by atoms with E-state index in [2.05, 4.69) is 30.9 Å². The third kappa shape index (κ3) is 2.27. The van der Waals surface area contributed by atoms with Gasteiger partial charge in [-0.15, -0.1) is 0 Å². The molecule has 0 aliphatic carbocycles. The maximum absolute atomic E-state index is 12.9. The van der Waals surface area contributed by atoms with Gasteiger partial charge in [0, 0.05) is 35.9 Å². The van der Waals surface area contributed by atoms with Crippen LogP contribution in [0.4, 0.5) is 5.82 Å². The lowest BCUT2D eigenvalue weighted by Crippen LogP contribution is -2.45. The first-order chi connectivity index (χ1) is 14.2. The number of pyridine rings is 2. The summed E-state index contributed by atoms with van der Waals surface area (Å²) >= 11 is 0. The van der Waals surface area contributed by atoms with Gasteiger partial charge >= 0.3 is 5.69 Å². The van der Waals surface area contributed by atoms with Crippen LogP contribution in [0.1, 0.15) is 37.3 Å². The molecule has 0 saturated carbocycles. The van der Waals surface area contributed by atoms with Crippen molar-refractivity contribution in [2.24, 2.45) is 0 Å². The van der Waals surface area contributed by atoms with Gasteiger partial charge in [0.1, 0.15) is 17.5 Å². The summed E-state index contributed by atoms with van der Waals surface area (Å²) in [5, 5.41) is 10.5. The molecule has 2 aliphatic heterocycles. The van der Waals surface area contributed by atoms with Gasteiger partial charge in [-0.3, -0.25) is 4.57 Å². The van der Waals surface area contributed by atoms with E-state index in [0.29, 0.717) is 5.56 Å². The molecule has 29 heavy (non-hydrogen) atoms. The van der Waals surface area contributed by atoms with Crippen molar-refractivity contribution in [3.63, 3.8) is 0 Å². The summed E-state index contributed by atoms with van der Waals surface area (Å²) in [6.07, 6.45) is 9.17. The number of hydrogen-bond acceptors (Lipinski definition) is 5. The molecule has 8 nitrogen and oxygen atoms in total. The lowest BCUT2D eigenvalue weighted by Gasteiger charge is -2.40. The Balaban J connectivity index is 1.43. The molecule has 2 fully saturated rings. The summed E-state index contributed by atoms with van der Waals surface area (Å²) in [6.45, 7) is 0. The van der Waals surface area contributed by atoms with E-state index in [1.807, 2.05) is 22.9 Å². The minimum Gasteiger partial charge on any atom is -0.349 e. The van der Waals surface area contributed by atoms with E-state index in [-0.39, 0.29) is 23.8 Å². The number of aromatic nitrogens is 5. The molecule has 2 bridgehead atoms. The zero-order valence-electron chi connectivity index (χ0n) is 15.7. The molecular weight excluding hydrogens is 366 g/mol. The second kappa shape index (κ2) is 5.95. The number of aromatic amines is 2. The first kappa shape index (κ1) is 16.4. The number of nitrogens with one attached hydrogen (secondary N) is 2. The van der Waals surface area contributed by atoms with Gasteiger partial charge in [0.05, 0.1) is 22.8 Å². The van der Waals surface area contributed by atoms with Crippen LogP contribution >= 0.6 is 0 Å². The molecule has 4 aromatic rings. The Labute approximate surface area is 165 Å². The zero-order valence-corrected chi connectivity index (χ0v) is 15.7. The van der Waals surface area contributed by atoms with Gasteiger partial charge in [-0.1, -0.05) is 0 Å². The zero-order chi connectivity index (χ0) is 19.5. The Morgan fingerprint density at radius 2 is 1.97 bits per heavy atom. The molecular formula is C21H19N7O. The minimum absolute atomic E-state index is 0.0797. The van der Waals surface area contributed by atoms with Crippen molar-refractivity contribution in [3.8, 4) is 6.07 Å². The summed E-state index contributed by atoms with van der Waals surface area (Å²) in [4.78, 5) is 30.2. The summed E-state index contributed by atoms with van der Waals surface area (Å²) in [6, 6.07) is 8.55. The summed E-state index contributed by atoms with van der Waals surface area (Å²) in [5.41, 5.74) is 3.02. The van der Waals surface area contributed by atoms with Crippen molar-refractivity contribution in [3.05, 3.63) is 52.8 Å². The molecule has 144 valence electrons. The van der Waals surface area contributed by atoms with Gasteiger partial charge in [-0.05, 0) is 43.9 Å². The molecule has 2 aliphatic rings. The van der Waals surface area contributed by atoms with Crippen molar-refractivity contribution in [2.75, 3.05) is 4.90 Å². The number of nitrogens with zero attached hydrogens (tertiary/aromatic N) is 5. The third-order valence-electron chi connectivity index (χ3n) is 6.48. The average molecular weight is 385 g/mol. The molecule has 0 amide bonds. The number of hydrogen-bond donors (Lipinski definition) is 2. The van der Waals surface area contributed by atoms with Crippen LogP contribution in [-0.4, -0.2) is 36.6 Å². The van der Waals surface area contributed by atoms with Crippen LogP contribution < -0.4 is 10.6 Å². The highest BCUT2D eigenvalue weighted by atomic mass is 16.1. The molecule has 0 spiro atoms. The minimum atomic E-state index is -0.0797. The van der Waals surface area contributed by atoms with E-state index in [1.165, 1.54) is 0 Å². The molecule has 8 heteroatoms. The molecule has 2 N–H and O–H groups in total. The number of imidazole rings is 1. The van der Waals surface area contributed by atoms with E-state index in [1.54, 1.807) is 18.5 Å². The van der Waals surface area contributed by atoms with E-state index in [9.17, 15) is 10.1 Å². The van der Waals surface area contributed by atoms with Crippen LogP contribution in [0.25, 0.3) is 22.1 Å². The van der Waals surface area contributed by atoms with Crippen molar-refractivity contribution in [1.29, 1.82) is 5.26 Å². The van der Waals surface area contributed by atoms with Crippen molar-refractivity contribution in [1.82, 2.24) is 24.5 Å². The van der Waals surface area contributed by atoms with Crippen LogP contribution in [0, 0.1) is 11.3 Å². The van der Waals surface area contributed by atoms with Gasteiger partial charge < -0.3 is 14.9 Å². The molecule has 6 rings (SSSR count). The second-order valence-corrected chi connectivity index (χ2v) is 7.96. The molecule has 3 atom stereocenters. The van der Waals surface area contributed by atoms with E-state index >= 15 is 0 Å². The van der Waals surface area contributed by atoms with Crippen LogP contribution in [0.2, 0.25) is 0 Å². The molecule has 0 unspecified atom stereocenters. The Morgan fingerprint density at radius 1 is 1.14 bits per heavy atom. The van der Waals surface area contributed by atoms with Crippen molar-refractivity contribution < 1.29 is 0 Å². The van der Waals surface area contributed by atoms with Crippen molar-refractivity contribution >= 4 is 27.9 Å². The number of anilines is 1. The van der Waals surface area contributed by atoms with E-state index < -0.39 is 0 Å². The first-order valence-electron chi connectivity index (χ1n) is 9.94. The largest absolute Gasteiger partial charge is 0.349 e. The monoisotopic (exact) mass is 385 g/mol. The Bertz CT molecular complexity index is 1330. The predicted octanol–water partition coefficient (Wildman–Crippen LogP) is 2.85. The quantitative estimate of drug-likeness (QED) is 0.552. The van der Waals surface area contributed by atoms with Gasteiger partial charge in [0.15, 0.2) is 0 Å². The molecule has 0 aromatic carbocycles. The third-order valence-corrected chi connectivity index (χ3v) is 6.48. The molecule has 0 radical (unpaired) electrons. The predicted molar refractivity (Wildman–Crippen MR) is 109 cm³/mol. The van der Waals surface area contributed by atoms with Crippen LogP contribution in [0.15, 0.2) is 41.6 Å². The van der Waals surface area contributed by atoms with Gasteiger partial charge in [-0.25, -0.2) is 14.8 Å². The summed E-state index contributed by atoms with van der Waals surface area (Å²) in [5.74, 6) is 0.782. The van der Waals surface area contributed by atoms with Crippen LogP contribution in [0.5, 0.6) is 0 Å². The van der Waals surface area contributed by atoms with Gasteiger partial charge in [0.2, 0.25) is 0 Å². The fraction of sp³-hybridized carbons (Fsp3) is 0.333. The van der Waals surface area contributed by atoms with Crippen LogP contribution in [0.3, 0.4) is 0 Å². The highest BCUT2D eigenvalue weighted by Gasteiger charge is 2.43. The number of fused-ring (bicyclic) bond motifs is 5. The lowest BCUT2D eigenvalue weighted by atomic mass is 9.96. The Kier molecular flexibility index (Phi) is 3.36. The maximum Gasteiger partial charge on any atom is 0.326 e. The maximum atomic E-state index is 12.9. The number of piperidine rings is 1. The SMILES string of the molecule is N#Cc1cccnc1N1[C@@H]2CC[C@H]1C[C@@H](n1c(=O)[nH]c3cnc4[nH]ccc4c31)C2. The number of rotatable bonds is 2. The second-order valence-electron chi connectivity index (χ2n) is 7.96. The fourth-order valence-electron chi connectivity index (χ4n) is 5.37. The summed E-state index contributed by atoms with van der Waals surface area (Å²) < 4.78 is 1.93. The number of H-pyrrole nitrogens is 2. The lowest BCUT2D eigenvalue weighted by molar-refractivity contribution is 0.335. The molecule has 2 saturated heterocycles. The number of nitriles is 1. The molecule has 4 aromatic heterocycles.